The van der Waals surface area contributed by atoms with Gasteiger partial charge in [0.15, 0.2) is 0 Å². The molecule has 0 saturated carbocycles. The van der Waals surface area contributed by atoms with Crippen LogP contribution in [0, 0.1) is 5.41 Å². The molecular weight excluding hydrogens is 330 g/mol. The fourth-order valence-corrected chi connectivity index (χ4v) is 4.41. The molecule has 0 spiro atoms. The van der Waals surface area contributed by atoms with Crippen LogP contribution >= 0.6 is 0 Å². The number of hydrogen-bond acceptors (Lipinski definition) is 4. The Morgan fingerprint density at radius 2 is 1.27 bits per heavy atom. The Labute approximate surface area is 161 Å². The maximum Gasteiger partial charge on any atom is 0.134 e. The van der Waals surface area contributed by atoms with Crippen LogP contribution in [0.5, 0.6) is 0 Å². The number of carbonyl (C=O) groups excluding carboxylic acids is 1. The molecule has 0 aliphatic rings. The van der Waals surface area contributed by atoms with E-state index < -0.39 is 17.4 Å². The SMILES string of the molecule is CCCCCCCCCCCC(CCO)(CCO)C(C(=O)[O-])[N+](C)(C)C. The van der Waals surface area contributed by atoms with Crippen molar-refractivity contribution < 1.29 is 24.6 Å². The zero-order chi connectivity index (χ0) is 20.1. The van der Waals surface area contributed by atoms with Crippen LogP contribution in [0.25, 0.3) is 0 Å². The first-order valence-electron chi connectivity index (χ1n) is 10.5. The number of unbranched alkanes of at least 4 members (excludes halogenated alkanes) is 8. The van der Waals surface area contributed by atoms with E-state index in [4.69, 9.17) is 0 Å². The molecule has 0 amide bonds. The van der Waals surface area contributed by atoms with Gasteiger partial charge in [-0.05, 0) is 19.3 Å². The number of rotatable bonds is 17. The molecule has 0 aromatic carbocycles. The summed E-state index contributed by atoms with van der Waals surface area (Å²) in [5, 5.41) is 31.0. The molecule has 156 valence electrons. The molecular formula is C21H43NO4. The highest BCUT2D eigenvalue weighted by Crippen LogP contribution is 2.40. The summed E-state index contributed by atoms with van der Waals surface area (Å²) in [6, 6.07) is -0.740. The molecule has 1 atom stereocenters. The molecule has 0 bridgehead atoms. The fraction of sp³-hybridized carbons (Fsp3) is 0.952. The Balaban J connectivity index is 4.71. The van der Waals surface area contributed by atoms with Crippen molar-refractivity contribution in [2.24, 2.45) is 5.41 Å². The monoisotopic (exact) mass is 373 g/mol. The molecule has 5 nitrogen and oxygen atoms in total. The molecule has 0 aromatic rings. The topological polar surface area (TPSA) is 80.6 Å². The first-order chi connectivity index (χ1) is 12.2. The number of carboxylic acids is 1. The van der Waals surface area contributed by atoms with Crippen LogP contribution in [0.2, 0.25) is 0 Å². The highest BCUT2D eigenvalue weighted by molar-refractivity contribution is 5.71. The second kappa shape index (κ2) is 13.5. The minimum absolute atomic E-state index is 0.0682. The second-order valence-electron chi connectivity index (χ2n) is 8.73. The fourth-order valence-electron chi connectivity index (χ4n) is 4.41. The predicted octanol–water partition coefficient (Wildman–Crippen LogP) is 2.48. The van der Waals surface area contributed by atoms with Gasteiger partial charge in [-0.25, -0.2) is 0 Å². The van der Waals surface area contributed by atoms with Crippen molar-refractivity contribution in [2.45, 2.75) is 90.0 Å². The van der Waals surface area contributed by atoms with Crippen LogP contribution in [0.1, 0.15) is 84.0 Å². The van der Waals surface area contributed by atoms with E-state index in [9.17, 15) is 20.1 Å². The van der Waals surface area contributed by atoms with Crippen LogP contribution < -0.4 is 5.11 Å². The number of likely N-dealkylation sites (N-methyl/N-ethyl adjacent to an activating group) is 1. The van der Waals surface area contributed by atoms with E-state index >= 15 is 0 Å². The van der Waals surface area contributed by atoms with E-state index in [-0.39, 0.29) is 17.7 Å². The molecule has 0 aromatic heterocycles. The summed E-state index contributed by atoms with van der Waals surface area (Å²) in [7, 11) is 5.54. The van der Waals surface area contributed by atoms with Crippen molar-refractivity contribution in [2.75, 3.05) is 34.4 Å². The summed E-state index contributed by atoms with van der Waals surface area (Å²) in [6.07, 6.45) is 12.4. The number of carbonyl (C=O) groups is 1. The van der Waals surface area contributed by atoms with E-state index in [2.05, 4.69) is 6.92 Å². The Morgan fingerprint density at radius 3 is 1.62 bits per heavy atom. The minimum atomic E-state index is -1.09. The Hall–Kier alpha value is -0.650. The number of aliphatic hydroxyl groups excluding tert-OH is 2. The van der Waals surface area contributed by atoms with E-state index in [1.54, 1.807) is 0 Å². The number of aliphatic carboxylic acids is 1. The highest BCUT2D eigenvalue weighted by Gasteiger charge is 2.46. The van der Waals surface area contributed by atoms with E-state index in [1.807, 2.05) is 21.1 Å². The third kappa shape index (κ3) is 9.33. The average molecular weight is 374 g/mol. The quantitative estimate of drug-likeness (QED) is 0.303. The van der Waals surface area contributed by atoms with Gasteiger partial charge < -0.3 is 24.6 Å². The van der Waals surface area contributed by atoms with Gasteiger partial charge in [-0.15, -0.1) is 0 Å². The lowest BCUT2D eigenvalue weighted by atomic mass is 9.70. The zero-order valence-corrected chi connectivity index (χ0v) is 17.6. The predicted molar refractivity (Wildman–Crippen MR) is 105 cm³/mol. The van der Waals surface area contributed by atoms with Gasteiger partial charge >= 0.3 is 0 Å². The lowest BCUT2D eigenvalue weighted by molar-refractivity contribution is -0.897. The maximum atomic E-state index is 11.9. The molecule has 0 rings (SSSR count). The van der Waals surface area contributed by atoms with Gasteiger partial charge in [0.05, 0.1) is 27.1 Å². The van der Waals surface area contributed by atoms with Gasteiger partial charge in [-0.2, -0.15) is 0 Å². The molecule has 26 heavy (non-hydrogen) atoms. The van der Waals surface area contributed by atoms with Crippen molar-refractivity contribution in [3.63, 3.8) is 0 Å². The highest BCUT2D eigenvalue weighted by atomic mass is 16.4. The van der Waals surface area contributed by atoms with E-state index in [1.165, 1.54) is 44.9 Å². The maximum absolute atomic E-state index is 11.9. The number of aliphatic hydroxyl groups is 2. The number of carboxylic acid groups (broad SMARTS) is 1. The lowest BCUT2D eigenvalue weighted by Gasteiger charge is -2.48. The number of nitrogens with zero attached hydrogens (tertiary/aromatic N) is 1. The first-order valence-corrected chi connectivity index (χ1v) is 10.5. The summed E-state index contributed by atoms with van der Waals surface area (Å²) >= 11 is 0. The van der Waals surface area contributed by atoms with Crippen LogP contribution in [-0.2, 0) is 4.79 Å². The smallest absolute Gasteiger partial charge is 0.134 e. The van der Waals surface area contributed by atoms with Crippen LogP contribution in [0.15, 0.2) is 0 Å². The second-order valence-corrected chi connectivity index (χ2v) is 8.73. The summed E-state index contributed by atoms with van der Waals surface area (Å²) < 4.78 is 0.236. The van der Waals surface area contributed by atoms with Gasteiger partial charge in [0.2, 0.25) is 0 Å². The number of quaternary nitrogens is 1. The molecule has 0 heterocycles. The molecule has 0 aliphatic heterocycles. The molecule has 0 fully saturated rings. The molecule has 0 aliphatic carbocycles. The van der Waals surface area contributed by atoms with Gasteiger partial charge in [0, 0.05) is 18.6 Å². The lowest BCUT2D eigenvalue weighted by Crippen LogP contribution is -2.63. The Bertz CT molecular complexity index is 360. The van der Waals surface area contributed by atoms with Gasteiger partial charge in [-0.3, -0.25) is 0 Å². The number of hydrogen-bond donors (Lipinski definition) is 2. The zero-order valence-electron chi connectivity index (χ0n) is 17.6. The summed E-state index contributed by atoms with van der Waals surface area (Å²) in [6.45, 7) is 2.09. The Morgan fingerprint density at radius 1 is 0.846 bits per heavy atom. The van der Waals surface area contributed by atoms with Crippen LogP contribution in [0.3, 0.4) is 0 Å². The summed E-state index contributed by atoms with van der Waals surface area (Å²) in [5.74, 6) is -1.09. The third-order valence-corrected chi connectivity index (χ3v) is 5.58. The van der Waals surface area contributed by atoms with Gasteiger partial charge in [0.1, 0.15) is 6.04 Å². The van der Waals surface area contributed by atoms with Crippen molar-refractivity contribution in [1.82, 2.24) is 0 Å². The summed E-state index contributed by atoms with van der Waals surface area (Å²) in [4.78, 5) is 11.9. The molecule has 1 unspecified atom stereocenters. The Kier molecular flexibility index (Phi) is 13.2. The van der Waals surface area contributed by atoms with Crippen molar-refractivity contribution in [1.29, 1.82) is 0 Å². The molecule has 5 heteroatoms. The van der Waals surface area contributed by atoms with E-state index in [0.717, 1.165) is 12.8 Å². The van der Waals surface area contributed by atoms with E-state index in [0.29, 0.717) is 19.3 Å². The largest absolute Gasteiger partial charge is 0.544 e. The molecule has 0 saturated heterocycles. The first kappa shape index (κ1) is 25.4. The molecule has 0 radical (unpaired) electrons. The normalized spacial score (nSPS) is 13.8. The summed E-state index contributed by atoms with van der Waals surface area (Å²) in [5.41, 5.74) is -0.623. The van der Waals surface area contributed by atoms with Crippen molar-refractivity contribution in [3.05, 3.63) is 0 Å². The minimum Gasteiger partial charge on any atom is -0.544 e. The average Bonchev–Trinajstić information content (AvgIpc) is 2.52. The van der Waals surface area contributed by atoms with Crippen LogP contribution in [0.4, 0.5) is 0 Å². The van der Waals surface area contributed by atoms with Gasteiger partial charge in [0.25, 0.3) is 0 Å². The molecule has 2 N–H and O–H groups in total. The standard InChI is InChI=1S/C21H43NO4/c1-5-6-7-8-9-10-11-12-13-14-21(15-17-23,16-18-24)19(20(25)26)22(2,3)4/h19,23-24H,5-18H2,1-4H3. The van der Waals surface area contributed by atoms with Crippen molar-refractivity contribution >= 4 is 5.97 Å². The third-order valence-electron chi connectivity index (χ3n) is 5.58. The van der Waals surface area contributed by atoms with Crippen molar-refractivity contribution in [3.8, 4) is 0 Å². The van der Waals surface area contributed by atoms with Crippen LogP contribution in [-0.4, -0.2) is 61.1 Å². The van der Waals surface area contributed by atoms with Gasteiger partial charge in [-0.1, -0.05) is 64.7 Å².